The van der Waals surface area contributed by atoms with E-state index >= 15 is 0 Å². The maximum absolute atomic E-state index is 10.2. The first-order valence-electron chi connectivity index (χ1n) is 12.4. The van der Waals surface area contributed by atoms with Crippen molar-refractivity contribution in [2.24, 2.45) is 40.4 Å². The smallest absolute Gasteiger partial charge is 0.0578 e. The lowest BCUT2D eigenvalue weighted by Gasteiger charge is -2.55. The highest BCUT2D eigenvalue weighted by molar-refractivity contribution is 5.38. The Bertz CT molecular complexity index is 712. The molecule has 0 bridgehead atoms. The van der Waals surface area contributed by atoms with Crippen LogP contribution in [0.1, 0.15) is 92.4 Å². The molecule has 1 nitrogen and oxygen atoms in total. The molecule has 7 atom stereocenters. The number of aliphatic hydroxyl groups is 1. The van der Waals surface area contributed by atoms with Crippen molar-refractivity contribution < 1.29 is 5.11 Å². The lowest BCUT2D eigenvalue weighted by Crippen LogP contribution is -2.46. The standard InChI is InChI=1S/C28H44O/c1-18(2)19(3)7-8-20(4)24-11-12-25-23-10-9-21-17-22(29)13-15-27(21,5)26(23)14-16-28(24,25)6/h9-10,18,20,22,24-26,29H,3,7-8,11-17H2,1-2,4-6H3/t20-,22+,24-,25+,26+,27+,28-/m1/s1. The first-order valence-corrected chi connectivity index (χ1v) is 12.4. The van der Waals surface area contributed by atoms with Crippen LogP contribution in [0.15, 0.2) is 35.5 Å². The minimum absolute atomic E-state index is 0.115. The number of hydrogen-bond donors (Lipinski definition) is 1. The van der Waals surface area contributed by atoms with E-state index in [1.54, 1.807) is 5.57 Å². The fraction of sp³-hybridized carbons (Fsp3) is 0.786. The second-order valence-corrected chi connectivity index (χ2v) is 11.8. The van der Waals surface area contributed by atoms with Crippen LogP contribution in [0.4, 0.5) is 0 Å². The summed E-state index contributed by atoms with van der Waals surface area (Å²) < 4.78 is 0. The van der Waals surface area contributed by atoms with E-state index in [0.29, 0.717) is 16.7 Å². The second kappa shape index (κ2) is 7.70. The number of aliphatic hydroxyl groups excluding tert-OH is 1. The van der Waals surface area contributed by atoms with E-state index in [1.807, 2.05) is 0 Å². The normalized spacial score (nSPS) is 42.4. The van der Waals surface area contributed by atoms with Gasteiger partial charge in [-0.3, -0.25) is 0 Å². The molecule has 0 aromatic rings. The highest BCUT2D eigenvalue weighted by atomic mass is 16.3. The number of fused-ring (bicyclic) bond motifs is 5. The van der Waals surface area contributed by atoms with Gasteiger partial charge in [-0.15, -0.1) is 0 Å². The van der Waals surface area contributed by atoms with Crippen LogP contribution in [0.3, 0.4) is 0 Å². The van der Waals surface area contributed by atoms with Crippen molar-refractivity contribution in [2.75, 3.05) is 0 Å². The molecule has 0 spiro atoms. The van der Waals surface area contributed by atoms with Crippen molar-refractivity contribution in [3.05, 3.63) is 35.5 Å². The molecule has 0 radical (unpaired) electrons. The summed E-state index contributed by atoms with van der Waals surface area (Å²) in [4.78, 5) is 0. The van der Waals surface area contributed by atoms with Crippen LogP contribution in [0.25, 0.3) is 0 Å². The van der Waals surface area contributed by atoms with Gasteiger partial charge < -0.3 is 5.11 Å². The summed E-state index contributed by atoms with van der Waals surface area (Å²) in [6.45, 7) is 16.6. The summed E-state index contributed by atoms with van der Waals surface area (Å²) in [5.74, 6) is 3.78. The quantitative estimate of drug-likeness (QED) is 0.478. The van der Waals surface area contributed by atoms with E-state index in [9.17, 15) is 5.11 Å². The summed E-state index contributed by atoms with van der Waals surface area (Å²) in [6.07, 6.45) is 15.9. The van der Waals surface area contributed by atoms with Gasteiger partial charge in [0.25, 0.3) is 0 Å². The lowest BCUT2D eigenvalue weighted by molar-refractivity contribution is 0.0326. The maximum atomic E-state index is 10.2. The van der Waals surface area contributed by atoms with Crippen LogP contribution in [0.2, 0.25) is 0 Å². The van der Waals surface area contributed by atoms with Gasteiger partial charge in [-0.25, -0.2) is 0 Å². The van der Waals surface area contributed by atoms with Crippen molar-refractivity contribution >= 4 is 0 Å². The van der Waals surface area contributed by atoms with E-state index in [0.717, 1.165) is 36.5 Å². The van der Waals surface area contributed by atoms with E-state index in [2.05, 4.69) is 53.3 Å². The molecule has 4 aliphatic rings. The molecular weight excluding hydrogens is 352 g/mol. The molecule has 0 aromatic heterocycles. The third-order valence-electron chi connectivity index (χ3n) is 10.0. The Balaban J connectivity index is 1.53. The molecule has 162 valence electrons. The summed E-state index contributed by atoms with van der Waals surface area (Å²) >= 11 is 0. The molecular formula is C28H44O. The van der Waals surface area contributed by atoms with Gasteiger partial charge in [0.1, 0.15) is 0 Å². The maximum Gasteiger partial charge on any atom is 0.0578 e. The van der Waals surface area contributed by atoms with Gasteiger partial charge >= 0.3 is 0 Å². The van der Waals surface area contributed by atoms with Crippen LogP contribution >= 0.6 is 0 Å². The average molecular weight is 397 g/mol. The summed E-state index contributed by atoms with van der Waals surface area (Å²) in [6, 6.07) is 0. The van der Waals surface area contributed by atoms with Crippen LogP contribution in [0.5, 0.6) is 0 Å². The van der Waals surface area contributed by atoms with Crippen molar-refractivity contribution in [2.45, 2.75) is 98.5 Å². The van der Waals surface area contributed by atoms with Gasteiger partial charge in [0, 0.05) is 0 Å². The highest BCUT2D eigenvalue weighted by Gasteiger charge is 2.56. The minimum Gasteiger partial charge on any atom is -0.393 e. The van der Waals surface area contributed by atoms with Gasteiger partial charge in [-0.05, 0) is 98.2 Å². The molecule has 4 aliphatic carbocycles. The largest absolute Gasteiger partial charge is 0.393 e. The Morgan fingerprint density at radius 3 is 2.55 bits per heavy atom. The molecule has 1 N–H and O–H groups in total. The zero-order chi connectivity index (χ0) is 21.0. The number of hydrogen-bond acceptors (Lipinski definition) is 1. The van der Waals surface area contributed by atoms with Crippen molar-refractivity contribution in [3.8, 4) is 0 Å². The lowest BCUT2D eigenvalue weighted by atomic mass is 9.50. The molecule has 3 fully saturated rings. The van der Waals surface area contributed by atoms with Gasteiger partial charge in [0.15, 0.2) is 0 Å². The Morgan fingerprint density at radius 2 is 1.83 bits per heavy atom. The third-order valence-corrected chi connectivity index (χ3v) is 10.0. The molecule has 0 aliphatic heterocycles. The SMILES string of the molecule is C=C(CC[C@@H](C)[C@H]1CC[C@H]2C3=CC=C4C[C@@H](O)CC[C@]4(C)[C@H]3CC[C@]12C)C(C)C. The molecule has 0 aromatic carbocycles. The zero-order valence-electron chi connectivity index (χ0n) is 19.6. The summed E-state index contributed by atoms with van der Waals surface area (Å²) in [5.41, 5.74) is 5.53. The monoisotopic (exact) mass is 396 g/mol. The van der Waals surface area contributed by atoms with E-state index < -0.39 is 0 Å². The molecule has 0 saturated heterocycles. The molecule has 1 heteroatoms. The Hall–Kier alpha value is -0.820. The first kappa shape index (κ1) is 21.4. The van der Waals surface area contributed by atoms with E-state index in [1.165, 1.54) is 56.1 Å². The van der Waals surface area contributed by atoms with E-state index in [4.69, 9.17) is 0 Å². The van der Waals surface area contributed by atoms with Crippen LogP contribution in [-0.2, 0) is 0 Å². The third kappa shape index (κ3) is 3.50. The molecule has 29 heavy (non-hydrogen) atoms. The number of allylic oxidation sites excluding steroid dienone is 4. The second-order valence-electron chi connectivity index (χ2n) is 11.8. The zero-order valence-corrected chi connectivity index (χ0v) is 19.6. The predicted octanol–water partition coefficient (Wildman–Crippen LogP) is 7.47. The fourth-order valence-corrected chi connectivity index (χ4v) is 7.86. The molecule has 3 saturated carbocycles. The molecule has 0 heterocycles. The molecule has 0 unspecified atom stereocenters. The predicted molar refractivity (Wildman–Crippen MR) is 124 cm³/mol. The Kier molecular flexibility index (Phi) is 5.69. The van der Waals surface area contributed by atoms with Gasteiger partial charge in [-0.2, -0.15) is 0 Å². The molecule has 4 rings (SSSR count). The number of rotatable bonds is 5. The topological polar surface area (TPSA) is 20.2 Å². The molecule has 0 amide bonds. The van der Waals surface area contributed by atoms with E-state index in [-0.39, 0.29) is 6.10 Å². The summed E-state index contributed by atoms with van der Waals surface area (Å²) in [7, 11) is 0. The van der Waals surface area contributed by atoms with Gasteiger partial charge in [0.2, 0.25) is 0 Å². The summed E-state index contributed by atoms with van der Waals surface area (Å²) in [5, 5.41) is 10.2. The van der Waals surface area contributed by atoms with Crippen LogP contribution < -0.4 is 0 Å². The van der Waals surface area contributed by atoms with Crippen molar-refractivity contribution in [1.82, 2.24) is 0 Å². The van der Waals surface area contributed by atoms with Crippen LogP contribution in [-0.4, -0.2) is 11.2 Å². The van der Waals surface area contributed by atoms with Gasteiger partial charge in [-0.1, -0.05) is 70.1 Å². The Labute approximate surface area is 179 Å². The van der Waals surface area contributed by atoms with Crippen molar-refractivity contribution in [3.63, 3.8) is 0 Å². The fourth-order valence-electron chi connectivity index (χ4n) is 7.86. The van der Waals surface area contributed by atoms with Crippen LogP contribution in [0, 0.1) is 40.4 Å². The first-order chi connectivity index (χ1) is 13.7. The average Bonchev–Trinajstić information content (AvgIpc) is 3.03. The van der Waals surface area contributed by atoms with Crippen molar-refractivity contribution in [1.29, 1.82) is 0 Å². The minimum atomic E-state index is -0.115. The van der Waals surface area contributed by atoms with Gasteiger partial charge in [0.05, 0.1) is 6.10 Å². The Morgan fingerprint density at radius 1 is 1.07 bits per heavy atom. The highest BCUT2D eigenvalue weighted by Crippen LogP contribution is 2.66.